The van der Waals surface area contributed by atoms with Crippen molar-refractivity contribution in [1.29, 1.82) is 0 Å². The van der Waals surface area contributed by atoms with Gasteiger partial charge in [0.25, 0.3) is 0 Å². The molecule has 0 aromatic rings. The van der Waals surface area contributed by atoms with E-state index in [9.17, 15) is 0 Å². The molecule has 0 amide bonds. The average molecular weight is 226 g/mol. The fourth-order valence-corrected chi connectivity index (χ4v) is 2.91. The van der Waals surface area contributed by atoms with Crippen molar-refractivity contribution in [2.75, 3.05) is 20.1 Å². The van der Waals surface area contributed by atoms with Gasteiger partial charge in [-0.05, 0) is 64.1 Å². The average Bonchev–Trinajstić information content (AvgIpc) is 2.44. The lowest BCUT2D eigenvalue weighted by molar-refractivity contribution is -0.00563. The summed E-state index contributed by atoms with van der Waals surface area (Å²) in [6.07, 6.45) is 3.92. The van der Waals surface area contributed by atoms with Gasteiger partial charge < -0.3 is 10.6 Å². The number of hydrogen-bond acceptors (Lipinski definition) is 2. The van der Waals surface area contributed by atoms with Crippen molar-refractivity contribution in [3.63, 3.8) is 0 Å². The molecular weight excluding hydrogens is 196 g/mol. The topological polar surface area (TPSA) is 24.1 Å². The van der Waals surface area contributed by atoms with Crippen LogP contribution < -0.4 is 10.6 Å². The first-order valence-electron chi connectivity index (χ1n) is 6.66. The van der Waals surface area contributed by atoms with Crippen LogP contribution in [-0.4, -0.2) is 25.7 Å². The van der Waals surface area contributed by atoms with Crippen LogP contribution in [0.1, 0.15) is 53.9 Å². The molecule has 1 aliphatic heterocycles. The van der Waals surface area contributed by atoms with Gasteiger partial charge in [0.05, 0.1) is 0 Å². The Morgan fingerprint density at radius 2 is 1.69 bits per heavy atom. The van der Waals surface area contributed by atoms with E-state index in [1.54, 1.807) is 0 Å². The molecule has 0 bridgehead atoms. The molecule has 0 aromatic carbocycles. The van der Waals surface area contributed by atoms with E-state index in [0.29, 0.717) is 10.8 Å². The number of nitrogens with one attached hydrogen (secondary N) is 2. The van der Waals surface area contributed by atoms with E-state index in [1.807, 2.05) is 0 Å². The van der Waals surface area contributed by atoms with Crippen LogP contribution >= 0.6 is 0 Å². The molecule has 1 heterocycles. The maximum Gasteiger partial charge on any atom is 0.0178 e. The lowest BCUT2D eigenvalue weighted by Crippen LogP contribution is -2.57. The zero-order chi connectivity index (χ0) is 12.4. The summed E-state index contributed by atoms with van der Waals surface area (Å²) in [7, 11) is 2.08. The van der Waals surface area contributed by atoms with Gasteiger partial charge in [-0.15, -0.1) is 0 Å². The Labute approximate surface area is 102 Å². The van der Waals surface area contributed by atoms with Gasteiger partial charge >= 0.3 is 0 Å². The van der Waals surface area contributed by atoms with Crippen LogP contribution in [0.2, 0.25) is 0 Å². The number of hydrogen-bond donors (Lipinski definition) is 2. The van der Waals surface area contributed by atoms with Crippen molar-refractivity contribution in [3.05, 3.63) is 0 Å². The highest BCUT2D eigenvalue weighted by Crippen LogP contribution is 2.51. The molecule has 96 valence electrons. The Hall–Kier alpha value is -0.0800. The predicted octanol–water partition coefficient (Wildman–Crippen LogP) is 2.79. The van der Waals surface area contributed by atoms with Crippen molar-refractivity contribution >= 4 is 0 Å². The SMILES string of the molecule is CNC(C)(C)C(C)(C)C1(C)CCCNCC1. The zero-order valence-electron chi connectivity index (χ0n) is 12.0. The molecule has 2 N–H and O–H groups in total. The highest BCUT2D eigenvalue weighted by Gasteiger charge is 2.49. The lowest BCUT2D eigenvalue weighted by Gasteiger charge is -2.53. The van der Waals surface area contributed by atoms with Crippen LogP contribution in [0.3, 0.4) is 0 Å². The minimum atomic E-state index is 0.173. The van der Waals surface area contributed by atoms with E-state index in [-0.39, 0.29) is 5.54 Å². The van der Waals surface area contributed by atoms with E-state index in [4.69, 9.17) is 0 Å². The Morgan fingerprint density at radius 1 is 1.06 bits per heavy atom. The first kappa shape index (κ1) is 14.0. The summed E-state index contributed by atoms with van der Waals surface area (Å²) in [5.74, 6) is 0. The highest BCUT2D eigenvalue weighted by molar-refractivity contribution is 5.03. The van der Waals surface area contributed by atoms with Crippen molar-refractivity contribution in [1.82, 2.24) is 10.6 Å². The van der Waals surface area contributed by atoms with Crippen LogP contribution in [0, 0.1) is 10.8 Å². The van der Waals surface area contributed by atoms with E-state index in [0.717, 1.165) is 0 Å². The predicted molar refractivity (Wildman–Crippen MR) is 71.7 cm³/mol. The molecule has 1 atom stereocenters. The second-order valence-electron chi connectivity index (χ2n) is 6.66. The third-order valence-electron chi connectivity index (χ3n) is 5.63. The fourth-order valence-electron chi connectivity index (χ4n) is 2.91. The Balaban J connectivity index is 2.94. The largest absolute Gasteiger partial charge is 0.317 e. The second kappa shape index (κ2) is 4.66. The van der Waals surface area contributed by atoms with Gasteiger partial charge in [-0.3, -0.25) is 0 Å². The summed E-state index contributed by atoms with van der Waals surface area (Å²) in [6, 6.07) is 0. The fraction of sp³-hybridized carbons (Fsp3) is 1.00. The molecular formula is C14H30N2. The third kappa shape index (κ3) is 2.28. The van der Waals surface area contributed by atoms with Crippen LogP contribution in [0.4, 0.5) is 0 Å². The standard InChI is InChI=1S/C14H30N2/c1-12(2,13(3,4)15-6)14(5)8-7-10-16-11-9-14/h15-16H,7-11H2,1-6H3. The Bertz CT molecular complexity index is 223. The van der Waals surface area contributed by atoms with Crippen molar-refractivity contribution in [3.8, 4) is 0 Å². The highest BCUT2D eigenvalue weighted by atomic mass is 15.0. The molecule has 1 fully saturated rings. The minimum absolute atomic E-state index is 0.173. The lowest BCUT2D eigenvalue weighted by atomic mass is 9.55. The van der Waals surface area contributed by atoms with Gasteiger partial charge in [0.15, 0.2) is 0 Å². The molecule has 1 unspecified atom stereocenters. The quantitative estimate of drug-likeness (QED) is 0.773. The Kier molecular flexibility index (Phi) is 4.07. The van der Waals surface area contributed by atoms with E-state index in [1.165, 1.54) is 32.4 Å². The van der Waals surface area contributed by atoms with Crippen molar-refractivity contribution in [2.24, 2.45) is 10.8 Å². The molecule has 1 saturated heterocycles. The Morgan fingerprint density at radius 3 is 2.25 bits per heavy atom. The van der Waals surface area contributed by atoms with Crippen LogP contribution in [0.5, 0.6) is 0 Å². The van der Waals surface area contributed by atoms with Crippen LogP contribution in [0.25, 0.3) is 0 Å². The monoisotopic (exact) mass is 226 g/mol. The summed E-state index contributed by atoms with van der Waals surface area (Å²) in [5.41, 5.74) is 0.885. The van der Waals surface area contributed by atoms with Gasteiger partial charge in [-0.25, -0.2) is 0 Å². The van der Waals surface area contributed by atoms with Crippen LogP contribution in [0.15, 0.2) is 0 Å². The zero-order valence-corrected chi connectivity index (χ0v) is 12.0. The molecule has 1 aliphatic rings. The molecule has 2 heteroatoms. The van der Waals surface area contributed by atoms with Gasteiger partial charge in [0.2, 0.25) is 0 Å². The summed E-state index contributed by atoms with van der Waals surface area (Å²) in [6.45, 7) is 14.3. The first-order chi connectivity index (χ1) is 7.27. The molecule has 2 nitrogen and oxygen atoms in total. The first-order valence-corrected chi connectivity index (χ1v) is 6.66. The van der Waals surface area contributed by atoms with Gasteiger partial charge in [0.1, 0.15) is 0 Å². The maximum absolute atomic E-state index is 3.52. The minimum Gasteiger partial charge on any atom is -0.317 e. The van der Waals surface area contributed by atoms with E-state index >= 15 is 0 Å². The summed E-state index contributed by atoms with van der Waals surface area (Å²) < 4.78 is 0. The molecule has 16 heavy (non-hydrogen) atoms. The van der Waals surface area contributed by atoms with Crippen molar-refractivity contribution < 1.29 is 0 Å². The van der Waals surface area contributed by atoms with Crippen LogP contribution in [-0.2, 0) is 0 Å². The molecule has 0 radical (unpaired) electrons. The normalized spacial score (nSPS) is 28.9. The molecule has 0 aromatic heterocycles. The molecule has 0 saturated carbocycles. The second-order valence-corrected chi connectivity index (χ2v) is 6.66. The summed E-state index contributed by atoms with van der Waals surface area (Å²) >= 11 is 0. The molecule has 1 rings (SSSR count). The van der Waals surface area contributed by atoms with Gasteiger partial charge in [0, 0.05) is 5.54 Å². The molecule has 0 aliphatic carbocycles. The van der Waals surface area contributed by atoms with Gasteiger partial charge in [-0.1, -0.05) is 20.8 Å². The van der Waals surface area contributed by atoms with Crippen molar-refractivity contribution in [2.45, 2.75) is 59.4 Å². The molecule has 0 spiro atoms. The number of rotatable bonds is 3. The van der Waals surface area contributed by atoms with E-state index in [2.05, 4.69) is 52.3 Å². The third-order valence-corrected chi connectivity index (χ3v) is 5.63. The summed E-state index contributed by atoms with van der Waals surface area (Å²) in [4.78, 5) is 0. The summed E-state index contributed by atoms with van der Waals surface area (Å²) in [5, 5.41) is 7.03. The van der Waals surface area contributed by atoms with E-state index < -0.39 is 0 Å². The van der Waals surface area contributed by atoms with Gasteiger partial charge in [-0.2, -0.15) is 0 Å². The smallest absolute Gasteiger partial charge is 0.0178 e. The maximum atomic E-state index is 3.52.